The summed E-state index contributed by atoms with van der Waals surface area (Å²) in [7, 11) is 0. The number of nitrogens with one attached hydrogen (secondary N) is 1. The Morgan fingerprint density at radius 2 is 1.72 bits per heavy atom. The van der Waals surface area contributed by atoms with E-state index >= 15 is 0 Å². The topological polar surface area (TPSA) is 80.4 Å². The molecule has 7 heteroatoms. The predicted molar refractivity (Wildman–Crippen MR) is 111 cm³/mol. The van der Waals surface area contributed by atoms with E-state index < -0.39 is 4.92 Å². The monoisotopic (exact) mass is 386 g/mol. The highest BCUT2D eigenvalue weighted by molar-refractivity contribution is 6.00. The van der Waals surface area contributed by atoms with Crippen LogP contribution in [0.25, 0.3) is 22.2 Å². The molecule has 0 saturated heterocycles. The summed E-state index contributed by atoms with van der Waals surface area (Å²) in [5.74, 6) is -0.302. The molecule has 4 aromatic rings. The van der Waals surface area contributed by atoms with E-state index in [4.69, 9.17) is 0 Å². The molecule has 0 bridgehead atoms. The average Bonchev–Trinajstić information content (AvgIpc) is 2.74. The van der Waals surface area contributed by atoms with Gasteiger partial charge in [0, 0.05) is 28.6 Å². The number of rotatable bonds is 5. The molecule has 0 atom stereocenters. The van der Waals surface area contributed by atoms with Crippen molar-refractivity contribution in [1.29, 1.82) is 0 Å². The molecule has 0 unspecified atom stereocenters. The summed E-state index contributed by atoms with van der Waals surface area (Å²) in [5, 5.41) is 15.9. The largest absolute Gasteiger partial charge is 0.278 e. The van der Waals surface area contributed by atoms with Crippen molar-refractivity contribution >= 4 is 28.5 Å². The van der Waals surface area contributed by atoms with Crippen LogP contribution in [-0.2, 0) is 0 Å². The van der Waals surface area contributed by atoms with Crippen molar-refractivity contribution in [2.24, 2.45) is 5.10 Å². The normalized spacial score (nSPS) is 11.1. The Labute approximate surface area is 165 Å². The maximum absolute atomic E-state index is 13.2. The van der Waals surface area contributed by atoms with Gasteiger partial charge in [-0.3, -0.25) is 15.5 Å². The summed E-state index contributed by atoms with van der Waals surface area (Å²) in [6, 6.07) is 21.7. The van der Waals surface area contributed by atoms with Gasteiger partial charge >= 0.3 is 0 Å². The fourth-order valence-corrected chi connectivity index (χ4v) is 2.91. The van der Waals surface area contributed by atoms with Gasteiger partial charge < -0.3 is 0 Å². The highest BCUT2D eigenvalue weighted by Crippen LogP contribution is 2.24. The molecule has 4 rings (SSSR count). The van der Waals surface area contributed by atoms with Gasteiger partial charge in [0.2, 0.25) is 0 Å². The zero-order valence-electron chi connectivity index (χ0n) is 15.1. The van der Waals surface area contributed by atoms with E-state index in [-0.39, 0.29) is 11.5 Å². The van der Waals surface area contributed by atoms with Crippen LogP contribution in [0.5, 0.6) is 0 Å². The molecule has 0 fully saturated rings. The minimum Gasteiger partial charge on any atom is -0.278 e. The quantitative estimate of drug-likeness (QED) is 0.283. The Morgan fingerprint density at radius 1 is 1.00 bits per heavy atom. The van der Waals surface area contributed by atoms with Crippen molar-refractivity contribution in [2.45, 2.75) is 0 Å². The first-order valence-corrected chi connectivity index (χ1v) is 8.79. The minimum atomic E-state index is -0.451. The van der Waals surface area contributed by atoms with E-state index in [1.807, 2.05) is 30.3 Å². The van der Waals surface area contributed by atoms with Crippen molar-refractivity contribution in [3.05, 3.63) is 100 Å². The molecule has 0 spiro atoms. The summed E-state index contributed by atoms with van der Waals surface area (Å²) in [4.78, 5) is 14.9. The number of non-ortho nitro benzene ring substituents is 1. The second-order valence-electron chi connectivity index (χ2n) is 6.29. The van der Waals surface area contributed by atoms with Crippen molar-refractivity contribution in [3.8, 4) is 11.3 Å². The van der Waals surface area contributed by atoms with Crippen LogP contribution in [0.3, 0.4) is 0 Å². The summed E-state index contributed by atoms with van der Waals surface area (Å²) in [5.41, 5.74) is 6.66. The number of fused-ring (bicyclic) bond motifs is 1. The van der Waals surface area contributed by atoms with Crippen molar-refractivity contribution in [2.75, 3.05) is 5.43 Å². The van der Waals surface area contributed by atoms with Crippen LogP contribution in [0.15, 0.2) is 84.0 Å². The lowest BCUT2D eigenvalue weighted by atomic mass is 10.0. The number of halogens is 1. The Balaban J connectivity index is 1.65. The van der Waals surface area contributed by atoms with E-state index in [2.05, 4.69) is 15.5 Å². The predicted octanol–water partition coefficient (Wildman–Crippen LogP) is 5.40. The van der Waals surface area contributed by atoms with E-state index in [1.165, 1.54) is 24.3 Å². The first-order chi connectivity index (χ1) is 14.1. The van der Waals surface area contributed by atoms with Crippen LogP contribution in [0.2, 0.25) is 0 Å². The lowest BCUT2D eigenvalue weighted by Crippen LogP contribution is -1.95. The van der Waals surface area contributed by atoms with E-state index in [9.17, 15) is 14.5 Å². The zero-order valence-corrected chi connectivity index (χ0v) is 15.1. The van der Waals surface area contributed by atoms with Crippen molar-refractivity contribution in [1.82, 2.24) is 4.98 Å². The third-order valence-electron chi connectivity index (χ3n) is 4.36. The summed E-state index contributed by atoms with van der Waals surface area (Å²) in [6.45, 7) is 0. The fourth-order valence-electron chi connectivity index (χ4n) is 2.91. The Morgan fingerprint density at radius 3 is 2.45 bits per heavy atom. The number of para-hydroxylation sites is 1. The van der Waals surface area contributed by atoms with Gasteiger partial charge in [-0.15, -0.1) is 0 Å². The number of hydrogen-bond donors (Lipinski definition) is 1. The van der Waals surface area contributed by atoms with Gasteiger partial charge in [0.05, 0.1) is 28.0 Å². The molecule has 0 aliphatic carbocycles. The van der Waals surface area contributed by atoms with Crippen LogP contribution >= 0.6 is 0 Å². The standard InChI is InChI=1S/C22H15FN4O2/c23-17-7-5-15(6-8-17)22-13-16(20-3-1-2-4-21(20)25-22)14-24-26-18-9-11-19(12-10-18)27(28)29/h1-14,26H/b24-14+. The van der Waals surface area contributed by atoms with Crippen molar-refractivity contribution < 1.29 is 9.31 Å². The van der Waals surface area contributed by atoms with Gasteiger partial charge in [0.15, 0.2) is 0 Å². The van der Waals surface area contributed by atoms with Crippen molar-refractivity contribution in [3.63, 3.8) is 0 Å². The minimum absolute atomic E-state index is 0.0172. The first kappa shape index (κ1) is 18.2. The smallest absolute Gasteiger partial charge is 0.269 e. The average molecular weight is 386 g/mol. The van der Waals surface area contributed by atoms with Crippen LogP contribution in [0.4, 0.5) is 15.8 Å². The first-order valence-electron chi connectivity index (χ1n) is 8.79. The number of benzene rings is 3. The van der Waals surface area contributed by atoms with Gasteiger partial charge in [0.25, 0.3) is 5.69 Å². The number of anilines is 1. The SMILES string of the molecule is O=[N+]([O-])c1ccc(N/N=C/c2cc(-c3ccc(F)cc3)nc3ccccc23)cc1. The highest BCUT2D eigenvalue weighted by Gasteiger charge is 2.07. The second kappa shape index (κ2) is 7.85. The maximum atomic E-state index is 13.2. The van der Waals surface area contributed by atoms with E-state index in [1.54, 1.807) is 30.5 Å². The van der Waals surface area contributed by atoms with Gasteiger partial charge in [-0.05, 0) is 48.5 Å². The second-order valence-corrected chi connectivity index (χ2v) is 6.29. The molecule has 0 radical (unpaired) electrons. The molecule has 6 nitrogen and oxygen atoms in total. The molecular weight excluding hydrogens is 371 g/mol. The van der Waals surface area contributed by atoms with Gasteiger partial charge in [-0.1, -0.05) is 18.2 Å². The van der Waals surface area contributed by atoms with Crippen LogP contribution in [-0.4, -0.2) is 16.1 Å². The Bertz CT molecular complexity index is 1210. The fraction of sp³-hybridized carbons (Fsp3) is 0. The van der Waals surface area contributed by atoms with E-state index in [0.717, 1.165) is 22.0 Å². The van der Waals surface area contributed by atoms with Crippen LogP contribution < -0.4 is 5.43 Å². The lowest BCUT2D eigenvalue weighted by Gasteiger charge is -2.07. The molecule has 1 N–H and O–H groups in total. The molecule has 0 saturated carbocycles. The number of hydrazone groups is 1. The number of pyridine rings is 1. The molecule has 1 aromatic heterocycles. The number of aromatic nitrogens is 1. The number of hydrogen-bond acceptors (Lipinski definition) is 5. The Hall–Kier alpha value is -4.13. The maximum Gasteiger partial charge on any atom is 0.269 e. The van der Waals surface area contributed by atoms with Gasteiger partial charge in [0.1, 0.15) is 5.82 Å². The number of nitro groups is 1. The summed E-state index contributed by atoms with van der Waals surface area (Å²) < 4.78 is 13.2. The Kier molecular flexibility index (Phi) is 4.94. The third kappa shape index (κ3) is 4.08. The zero-order chi connectivity index (χ0) is 20.2. The third-order valence-corrected chi connectivity index (χ3v) is 4.36. The van der Waals surface area contributed by atoms with E-state index in [0.29, 0.717) is 11.4 Å². The van der Waals surface area contributed by atoms with Gasteiger partial charge in [-0.25, -0.2) is 9.37 Å². The summed E-state index contributed by atoms with van der Waals surface area (Å²) >= 11 is 0. The molecule has 0 aliphatic rings. The van der Waals surface area contributed by atoms with Crippen LogP contribution in [0, 0.1) is 15.9 Å². The molecule has 3 aromatic carbocycles. The van der Waals surface area contributed by atoms with Crippen LogP contribution in [0.1, 0.15) is 5.56 Å². The molecule has 0 amide bonds. The molecule has 0 aliphatic heterocycles. The number of nitrogens with zero attached hydrogens (tertiary/aromatic N) is 3. The lowest BCUT2D eigenvalue weighted by molar-refractivity contribution is -0.384. The molecule has 1 heterocycles. The molecule has 29 heavy (non-hydrogen) atoms. The molecular formula is C22H15FN4O2. The number of nitro benzene ring substituents is 1. The highest BCUT2D eigenvalue weighted by atomic mass is 19.1. The summed E-state index contributed by atoms with van der Waals surface area (Å²) in [6.07, 6.45) is 1.67. The van der Waals surface area contributed by atoms with Gasteiger partial charge in [-0.2, -0.15) is 5.10 Å². The molecule has 142 valence electrons.